The van der Waals surface area contributed by atoms with Gasteiger partial charge in [-0.3, -0.25) is 9.59 Å². The highest BCUT2D eigenvalue weighted by molar-refractivity contribution is 5.78. The number of halogens is 1. The number of carbonyl (C=O) groups is 2. The zero-order valence-corrected chi connectivity index (χ0v) is 14.1. The van der Waals surface area contributed by atoms with Crippen molar-refractivity contribution >= 4 is 11.8 Å². The summed E-state index contributed by atoms with van der Waals surface area (Å²) in [6.45, 7) is 3.24. The minimum absolute atomic E-state index is 0.0564. The number of likely N-dealkylation sites (tertiary alicyclic amines) is 1. The van der Waals surface area contributed by atoms with Crippen LogP contribution in [0.1, 0.15) is 39.0 Å². The number of unbranched alkanes of at least 4 members (excludes halogenated alkanes) is 1. The van der Waals surface area contributed by atoms with Gasteiger partial charge in [-0.1, -0.05) is 13.3 Å². The zero-order chi connectivity index (χ0) is 17.4. The van der Waals surface area contributed by atoms with E-state index in [1.165, 1.54) is 24.3 Å². The maximum absolute atomic E-state index is 12.8. The second-order valence-corrected chi connectivity index (χ2v) is 6.07. The van der Waals surface area contributed by atoms with E-state index in [1.807, 2.05) is 0 Å². The second-order valence-electron chi connectivity index (χ2n) is 6.07. The SMILES string of the molecule is CCCCC(=O)NC1CCN(C(=O)COc2ccc(F)cc2)CC1. The Morgan fingerprint density at radius 1 is 1.25 bits per heavy atom. The zero-order valence-electron chi connectivity index (χ0n) is 14.1. The van der Waals surface area contributed by atoms with Crippen LogP contribution in [0.2, 0.25) is 0 Å². The van der Waals surface area contributed by atoms with Gasteiger partial charge in [0.2, 0.25) is 5.91 Å². The molecule has 0 saturated carbocycles. The van der Waals surface area contributed by atoms with Gasteiger partial charge in [0.15, 0.2) is 6.61 Å². The molecule has 1 aromatic rings. The van der Waals surface area contributed by atoms with Gasteiger partial charge in [-0.05, 0) is 43.5 Å². The van der Waals surface area contributed by atoms with Crippen LogP contribution in [0.3, 0.4) is 0 Å². The molecule has 1 heterocycles. The van der Waals surface area contributed by atoms with Gasteiger partial charge in [0, 0.05) is 25.6 Å². The average Bonchev–Trinajstić information content (AvgIpc) is 2.60. The quantitative estimate of drug-likeness (QED) is 0.832. The number of nitrogens with zero attached hydrogens (tertiary/aromatic N) is 1. The molecule has 0 bridgehead atoms. The van der Waals surface area contributed by atoms with Crippen molar-refractivity contribution in [2.24, 2.45) is 0 Å². The molecular weight excluding hydrogens is 311 g/mol. The van der Waals surface area contributed by atoms with Crippen LogP contribution in [0.4, 0.5) is 4.39 Å². The lowest BCUT2D eigenvalue weighted by Crippen LogP contribution is -2.47. The molecule has 1 aliphatic rings. The third-order valence-electron chi connectivity index (χ3n) is 4.15. The molecule has 24 heavy (non-hydrogen) atoms. The van der Waals surface area contributed by atoms with E-state index in [9.17, 15) is 14.0 Å². The highest BCUT2D eigenvalue weighted by Crippen LogP contribution is 2.14. The van der Waals surface area contributed by atoms with Crippen molar-refractivity contribution in [3.8, 4) is 5.75 Å². The maximum atomic E-state index is 12.8. The molecule has 1 N–H and O–H groups in total. The number of benzene rings is 1. The van der Waals surface area contributed by atoms with Crippen LogP contribution >= 0.6 is 0 Å². The van der Waals surface area contributed by atoms with Gasteiger partial charge in [0.25, 0.3) is 5.91 Å². The summed E-state index contributed by atoms with van der Waals surface area (Å²) in [5.74, 6) is 0.149. The Kier molecular flexibility index (Phi) is 7.03. The smallest absolute Gasteiger partial charge is 0.260 e. The molecule has 1 fully saturated rings. The summed E-state index contributed by atoms with van der Waals surface area (Å²) in [5, 5.41) is 3.03. The van der Waals surface area contributed by atoms with Crippen molar-refractivity contribution in [2.45, 2.75) is 45.1 Å². The minimum Gasteiger partial charge on any atom is -0.484 e. The summed E-state index contributed by atoms with van der Waals surface area (Å²) >= 11 is 0. The van der Waals surface area contributed by atoms with Crippen LogP contribution in [0, 0.1) is 5.82 Å². The number of amides is 2. The molecule has 0 aliphatic carbocycles. The molecule has 0 spiro atoms. The van der Waals surface area contributed by atoms with Gasteiger partial charge in [0.05, 0.1) is 0 Å². The summed E-state index contributed by atoms with van der Waals surface area (Å²) in [7, 11) is 0. The molecule has 0 atom stereocenters. The molecule has 6 heteroatoms. The van der Waals surface area contributed by atoms with E-state index in [2.05, 4.69) is 12.2 Å². The maximum Gasteiger partial charge on any atom is 0.260 e. The van der Waals surface area contributed by atoms with Gasteiger partial charge in [-0.2, -0.15) is 0 Å². The Morgan fingerprint density at radius 3 is 2.54 bits per heavy atom. The largest absolute Gasteiger partial charge is 0.484 e. The number of carbonyl (C=O) groups excluding carboxylic acids is 2. The van der Waals surface area contributed by atoms with Crippen LogP contribution in [-0.4, -0.2) is 42.5 Å². The highest BCUT2D eigenvalue weighted by Gasteiger charge is 2.23. The number of ether oxygens (including phenoxy) is 1. The lowest BCUT2D eigenvalue weighted by Gasteiger charge is -2.32. The van der Waals surface area contributed by atoms with Crippen LogP contribution in [0.5, 0.6) is 5.75 Å². The summed E-state index contributed by atoms with van der Waals surface area (Å²) in [6.07, 6.45) is 4.01. The van der Waals surface area contributed by atoms with E-state index in [4.69, 9.17) is 4.74 Å². The van der Waals surface area contributed by atoms with Gasteiger partial charge in [0.1, 0.15) is 11.6 Å². The van der Waals surface area contributed by atoms with Crippen molar-refractivity contribution in [2.75, 3.05) is 19.7 Å². The van der Waals surface area contributed by atoms with E-state index >= 15 is 0 Å². The Bertz CT molecular complexity index is 540. The fraction of sp³-hybridized carbons (Fsp3) is 0.556. The summed E-state index contributed by atoms with van der Waals surface area (Å²) < 4.78 is 18.2. The summed E-state index contributed by atoms with van der Waals surface area (Å²) in [6, 6.07) is 5.75. The fourth-order valence-electron chi connectivity index (χ4n) is 2.68. The predicted octanol–water partition coefficient (Wildman–Crippen LogP) is 2.50. The Morgan fingerprint density at radius 2 is 1.92 bits per heavy atom. The first kappa shape index (κ1) is 18.2. The normalized spacial score (nSPS) is 15.2. The molecule has 2 amide bonds. The highest BCUT2D eigenvalue weighted by atomic mass is 19.1. The van der Waals surface area contributed by atoms with Crippen LogP contribution in [-0.2, 0) is 9.59 Å². The first-order valence-corrected chi connectivity index (χ1v) is 8.54. The van der Waals surface area contributed by atoms with Crippen molar-refractivity contribution in [3.05, 3.63) is 30.1 Å². The lowest BCUT2D eigenvalue weighted by molar-refractivity contribution is -0.134. The standard InChI is InChI=1S/C18H25FN2O3/c1-2-3-4-17(22)20-15-9-11-21(12-10-15)18(23)13-24-16-7-5-14(19)6-8-16/h5-8,15H,2-4,9-13H2,1H3,(H,20,22). The van der Waals surface area contributed by atoms with Crippen LogP contribution in [0.15, 0.2) is 24.3 Å². The van der Waals surface area contributed by atoms with E-state index in [0.717, 1.165) is 25.7 Å². The Labute approximate surface area is 142 Å². The minimum atomic E-state index is -0.336. The van der Waals surface area contributed by atoms with Gasteiger partial charge >= 0.3 is 0 Å². The predicted molar refractivity (Wildman–Crippen MR) is 89.2 cm³/mol. The summed E-state index contributed by atoms with van der Waals surface area (Å²) in [5.41, 5.74) is 0. The topological polar surface area (TPSA) is 58.6 Å². The van der Waals surface area contributed by atoms with Crippen molar-refractivity contribution in [3.63, 3.8) is 0 Å². The first-order valence-electron chi connectivity index (χ1n) is 8.54. The van der Waals surface area contributed by atoms with Gasteiger partial charge < -0.3 is 15.0 Å². The molecule has 0 unspecified atom stereocenters. The number of nitrogens with one attached hydrogen (secondary N) is 1. The van der Waals surface area contributed by atoms with E-state index in [0.29, 0.717) is 25.3 Å². The number of hydrogen-bond donors (Lipinski definition) is 1. The van der Waals surface area contributed by atoms with E-state index < -0.39 is 0 Å². The number of piperidine rings is 1. The molecular formula is C18H25FN2O3. The molecule has 0 radical (unpaired) electrons. The Hall–Kier alpha value is -2.11. The van der Waals surface area contributed by atoms with E-state index in [1.54, 1.807) is 4.90 Å². The fourth-order valence-corrected chi connectivity index (χ4v) is 2.68. The second kappa shape index (κ2) is 9.25. The molecule has 1 aliphatic heterocycles. The molecule has 5 nitrogen and oxygen atoms in total. The summed E-state index contributed by atoms with van der Waals surface area (Å²) in [4.78, 5) is 25.6. The molecule has 2 rings (SSSR count). The third-order valence-corrected chi connectivity index (χ3v) is 4.15. The average molecular weight is 336 g/mol. The molecule has 1 aromatic carbocycles. The van der Waals surface area contributed by atoms with Crippen molar-refractivity contribution in [1.29, 1.82) is 0 Å². The first-order chi connectivity index (χ1) is 11.6. The third kappa shape index (κ3) is 5.83. The molecule has 0 aromatic heterocycles. The Balaban J connectivity index is 1.68. The van der Waals surface area contributed by atoms with Crippen molar-refractivity contribution in [1.82, 2.24) is 10.2 Å². The van der Waals surface area contributed by atoms with Crippen LogP contribution in [0.25, 0.3) is 0 Å². The van der Waals surface area contributed by atoms with E-state index in [-0.39, 0.29) is 30.3 Å². The van der Waals surface area contributed by atoms with Crippen LogP contribution < -0.4 is 10.1 Å². The van der Waals surface area contributed by atoms with Gasteiger partial charge in [-0.25, -0.2) is 4.39 Å². The molecule has 1 saturated heterocycles. The monoisotopic (exact) mass is 336 g/mol. The van der Waals surface area contributed by atoms with Crippen molar-refractivity contribution < 1.29 is 18.7 Å². The molecule has 132 valence electrons. The van der Waals surface area contributed by atoms with Gasteiger partial charge in [-0.15, -0.1) is 0 Å². The number of rotatable bonds is 7. The lowest BCUT2D eigenvalue weighted by atomic mass is 10.0. The number of hydrogen-bond acceptors (Lipinski definition) is 3.